The highest BCUT2D eigenvalue weighted by atomic mass is 79.9. The van der Waals surface area contributed by atoms with E-state index in [1.807, 2.05) is 0 Å². The van der Waals surface area contributed by atoms with Gasteiger partial charge in [-0.15, -0.1) is 0 Å². The molecule has 0 heterocycles. The van der Waals surface area contributed by atoms with Gasteiger partial charge in [0.2, 0.25) is 0 Å². The van der Waals surface area contributed by atoms with Gasteiger partial charge in [0.05, 0.1) is 4.90 Å². The van der Waals surface area contributed by atoms with E-state index < -0.39 is 20.2 Å². The molecule has 0 spiro atoms. The zero-order chi connectivity index (χ0) is 13.6. The summed E-state index contributed by atoms with van der Waals surface area (Å²) < 4.78 is 60.4. The van der Waals surface area contributed by atoms with Crippen molar-refractivity contribution in [2.75, 3.05) is 0 Å². The maximum Gasteiger partial charge on any atom is 0.501 e. The summed E-state index contributed by atoms with van der Waals surface area (Å²) in [4.78, 5) is -0.746. The van der Waals surface area contributed by atoms with E-state index in [1.165, 1.54) is 6.07 Å². The molecule has 0 fully saturated rings. The van der Waals surface area contributed by atoms with Crippen LogP contribution < -0.4 is 0 Å². The Kier molecular flexibility index (Phi) is 3.14. The average Bonchev–Trinajstić information content (AvgIpc) is 2.26. The molecular weight excluding hydrogens is 333 g/mol. The first-order valence-electron chi connectivity index (χ1n) is 4.72. The molecule has 2 nitrogen and oxygen atoms in total. The molecule has 0 atom stereocenters. The number of sulfone groups is 1. The highest BCUT2D eigenvalue weighted by Gasteiger charge is 2.46. The van der Waals surface area contributed by atoms with Crippen molar-refractivity contribution in [3.8, 4) is 0 Å². The Morgan fingerprint density at radius 1 is 0.944 bits per heavy atom. The lowest BCUT2D eigenvalue weighted by atomic mass is 10.1. The topological polar surface area (TPSA) is 34.1 Å². The minimum Gasteiger partial charge on any atom is -0.214 e. The largest absolute Gasteiger partial charge is 0.501 e. The molecule has 0 bridgehead atoms. The molecule has 0 N–H and O–H groups in total. The molecule has 0 saturated carbocycles. The Morgan fingerprint density at radius 3 is 2.11 bits per heavy atom. The molecule has 96 valence electrons. The van der Waals surface area contributed by atoms with Crippen LogP contribution in [0, 0.1) is 0 Å². The van der Waals surface area contributed by atoms with Crippen LogP contribution in [0.4, 0.5) is 13.2 Å². The van der Waals surface area contributed by atoms with E-state index in [1.54, 1.807) is 18.2 Å². The van der Waals surface area contributed by atoms with E-state index in [2.05, 4.69) is 15.9 Å². The van der Waals surface area contributed by atoms with Gasteiger partial charge in [-0.2, -0.15) is 13.2 Å². The fourth-order valence-corrected chi connectivity index (χ4v) is 2.67. The summed E-state index contributed by atoms with van der Waals surface area (Å²) in [6.07, 6.45) is 0. The average molecular weight is 339 g/mol. The molecule has 0 aromatic heterocycles. The van der Waals surface area contributed by atoms with Gasteiger partial charge in [-0.1, -0.05) is 28.1 Å². The molecule has 7 heteroatoms. The van der Waals surface area contributed by atoms with E-state index in [0.29, 0.717) is 10.8 Å². The van der Waals surface area contributed by atoms with Crippen LogP contribution in [0.2, 0.25) is 0 Å². The predicted octanol–water partition coefficient (Wildman–Crippen LogP) is 3.90. The van der Waals surface area contributed by atoms with E-state index in [4.69, 9.17) is 0 Å². The van der Waals surface area contributed by atoms with Crippen LogP contribution >= 0.6 is 15.9 Å². The molecule has 0 unspecified atom stereocenters. The normalized spacial score (nSPS) is 12.9. The van der Waals surface area contributed by atoms with Gasteiger partial charge in [0.15, 0.2) is 0 Å². The van der Waals surface area contributed by atoms with Crippen LogP contribution in [-0.4, -0.2) is 13.9 Å². The third kappa shape index (κ3) is 2.24. The first-order valence-corrected chi connectivity index (χ1v) is 7.00. The maximum atomic E-state index is 12.4. The van der Waals surface area contributed by atoms with Gasteiger partial charge in [0, 0.05) is 4.47 Å². The van der Waals surface area contributed by atoms with Crippen LogP contribution in [0.15, 0.2) is 45.8 Å². The fourth-order valence-electron chi connectivity index (χ4n) is 1.50. The molecule has 2 aromatic carbocycles. The fraction of sp³-hybridized carbons (Fsp3) is 0.0909. The minimum absolute atomic E-state index is 0.434. The molecule has 0 aliphatic heterocycles. The van der Waals surface area contributed by atoms with Crippen molar-refractivity contribution in [3.63, 3.8) is 0 Å². The number of fused-ring (bicyclic) bond motifs is 1. The van der Waals surface area contributed by atoms with Crippen LogP contribution in [0.25, 0.3) is 10.8 Å². The summed E-state index contributed by atoms with van der Waals surface area (Å²) in [6, 6.07) is 8.20. The summed E-state index contributed by atoms with van der Waals surface area (Å²) in [7, 11) is -5.29. The van der Waals surface area contributed by atoms with Gasteiger partial charge < -0.3 is 0 Å². The molecule has 18 heavy (non-hydrogen) atoms. The van der Waals surface area contributed by atoms with Crippen LogP contribution in [0.5, 0.6) is 0 Å². The third-order valence-electron chi connectivity index (χ3n) is 2.39. The summed E-state index contributed by atoms with van der Waals surface area (Å²) in [5.41, 5.74) is -5.28. The number of alkyl halides is 3. The van der Waals surface area contributed by atoms with Gasteiger partial charge >= 0.3 is 5.51 Å². The summed E-state index contributed by atoms with van der Waals surface area (Å²) in [5.74, 6) is 0. The lowest BCUT2D eigenvalue weighted by molar-refractivity contribution is -0.0435. The van der Waals surface area contributed by atoms with Crippen molar-refractivity contribution in [2.24, 2.45) is 0 Å². The summed E-state index contributed by atoms with van der Waals surface area (Å²) in [5, 5.41) is 1.09. The number of halogens is 4. The van der Waals surface area contributed by atoms with E-state index in [0.717, 1.165) is 16.6 Å². The molecule has 2 aromatic rings. The van der Waals surface area contributed by atoms with Crippen molar-refractivity contribution in [1.29, 1.82) is 0 Å². The zero-order valence-electron chi connectivity index (χ0n) is 8.70. The van der Waals surface area contributed by atoms with E-state index in [-0.39, 0.29) is 0 Å². The number of benzene rings is 2. The third-order valence-corrected chi connectivity index (χ3v) is 4.37. The predicted molar refractivity (Wildman–Crippen MR) is 64.9 cm³/mol. The Balaban J connectivity index is 2.65. The molecule has 0 aliphatic rings. The monoisotopic (exact) mass is 338 g/mol. The van der Waals surface area contributed by atoms with Gasteiger partial charge in [0.1, 0.15) is 0 Å². The first-order chi connectivity index (χ1) is 8.22. The quantitative estimate of drug-likeness (QED) is 0.790. The SMILES string of the molecule is O=S(=O)(c1ccc2cc(Br)ccc2c1)C(F)(F)F. The van der Waals surface area contributed by atoms with Gasteiger partial charge in [-0.3, -0.25) is 0 Å². The van der Waals surface area contributed by atoms with Crippen LogP contribution in [-0.2, 0) is 9.84 Å². The lowest BCUT2D eigenvalue weighted by Gasteiger charge is -2.08. The van der Waals surface area contributed by atoms with Gasteiger partial charge in [-0.25, -0.2) is 8.42 Å². The molecule has 0 saturated heterocycles. The summed E-state index contributed by atoms with van der Waals surface area (Å²) in [6.45, 7) is 0. The lowest BCUT2D eigenvalue weighted by Crippen LogP contribution is -2.23. The van der Waals surface area contributed by atoms with Crippen molar-refractivity contribution in [3.05, 3.63) is 40.9 Å². The zero-order valence-corrected chi connectivity index (χ0v) is 11.1. The first kappa shape index (κ1) is 13.4. The van der Waals surface area contributed by atoms with Gasteiger partial charge in [0.25, 0.3) is 9.84 Å². The number of hydrogen-bond donors (Lipinski definition) is 0. The second-order valence-electron chi connectivity index (χ2n) is 3.60. The Bertz CT molecular complexity index is 708. The Morgan fingerprint density at radius 2 is 1.50 bits per heavy atom. The number of hydrogen-bond acceptors (Lipinski definition) is 2. The number of rotatable bonds is 1. The molecule has 0 radical (unpaired) electrons. The summed E-state index contributed by atoms with van der Waals surface area (Å²) >= 11 is 3.22. The smallest absolute Gasteiger partial charge is 0.214 e. The standard InChI is InChI=1S/C11H6BrF3O2S/c12-9-3-1-8-6-10(4-2-7(8)5-9)18(16,17)11(13,14)15/h1-6H. The molecule has 0 aliphatic carbocycles. The second kappa shape index (κ2) is 4.24. The van der Waals surface area contributed by atoms with Crippen LogP contribution in [0.3, 0.4) is 0 Å². The highest BCUT2D eigenvalue weighted by molar-refractivity contribution is 9.10. The molecule has 2 rings (SSSR count). The van der Waals surface area contributed by atoms with E-state index >= 15 is 0 Å². The van der Waals surface area contributed by atoms with Crippen molar-refractivity contribution < 1.29 is 21.6 Å². The second-order valence-corrected chi connectivity index (χ2v) is 6.46. The highest BCUT2D eigenvalue weighted by Crippen LogP contribution is 2.32. The van der Waals surface area contributed by atoms with Crippen molar-refractivity contribution >= 4 is 36.5 Å². The van der Waals surface area contributed by atoms with Crippen LogP contribution in [0.1, 0.15) is 0 Å². The molecule has 0 amide bonds. The Labute approximate surface area is 109 Å². The van der Waals surface area contributed by atoms with Crippen molar-refractivity contribution in [1.82, 2.24) is 0 Å². The van der Waals surface area contributed by atoms with E-state index in [9.17, 15) is 21.6 Å². The minimum atomic E-state index is -5.29. The van der Waals surface area contributed by atoms with Gasteiger partial charge in [-0.05, 0) is 35.0 Å². The Hall–Kier alpha value is -1.08. The molecular formula is C11H6BrF3O2S. The maximum absolute atomic E-state index is 12.4. The van der Waals surface area contributed by atoms with Crippen molar-refractivity contribution in [2.45, 2.75) is 10.4 Å².